The van der Waals surface area contributed by atoms with E-state index >= 15 is 4.39 Å². The third-order valence-corrected chi connectivity index (χ3v) is 12.3. The van der Waals surface area contributed by atoms with Gasteiger partial charge in [0.2, 0.25) is 5.88 Å². The molecule has 3 N–H and O–H groups in total. The maximum Gasteiger partial charge on any atom is 0.319 e. The Morgan fingerprint density at radius 1 is 1.15 bits per heavy atom. The smallest absolute Gasteiger partial charge is 0.319 e. The van der Waals surface area contributed by atoms with Gasteiger partial charge in [0, 0.05) is 47.1 Å². The van der Waals surface area contributed by atoms with E-state index in [4.69, 9.17) is 45.5 Å². The SMILES string of the molecule is CC.COc1nc(-c2c(C)c(Cl)cc3[nH]ncc23)c(F)c2nc(OCC34CCCC3N(C3CC(OC)C3)CCC4)nc(N3CC(CO)OCC(C)(O)C3)c12. The number of rotatable bonds is 9. The number of aromatic amines is 1. The summed E-state index contributed by atoms with van der Waals surface area (Å²) in [7, 11) is 3.25. The Hall–Kier alpha value is -3.40. The molecule has 2 saturated heterocycles. The summed E-state index contributed by atoms with van der Waals surface area (Å²) < 4.78 is 41.2. The fourth-order valence-corrected chi connectivity index (χ4v) is 9.36. The molecule has 4 unspecified atom stereocenters. The average Bonchev–Trinajstić information content (AvgIpc) is 3.77. The Morgan fingerprint density at radius 3 is 2.67 bits per heavy atom. The normalized spacial score (nSPS) is 28.7. The number of ether oxygens (including phenoxy) is 4. The number of hydrogen-bond donors (Lipinski definition) is 3. The lowest BCUT2D eigenvalue weighted by molar-refractivity contribution is -0.0845. The first-order valence-electron chi connectivity index (χ1n) is 19.2. The van der Waals surface area contributed by atoms with E-state index in [0.717, 1.165) is 51.5 Å². The lowest BCUT2D eigenvalue weighted by Crippen LogP contribution is -2.59. The highest BCUT2D eigenvalue weighted by Crippen LogP contribution is 2.50. The van der Waals surface area contributed by atoms with Crippen molar-refractivity contribution in [2.45, 2.75) is 103 Å². The number of methoxy groups -OCH3 is 2. The van der Waals surface area contributed by atoms with Crippen LogP contribution in [0.3, 0.4) is 0 Å². The first-order valence-corrected chi connectivity index (χ1v) is 19.6. The fraction of sp³-hybridized carbons (Fsp3) is 0.641. The molecule has 2 saturated carbocycles. The number of pyridine rings is 1. The molecule has 4 aliphatic rings. The molecule has 15 heteroatoms. The van der Waals surface area contributed by atoms with Gasteiger partial charge in [0.1, 0.15) is 28.0 Å². The van der Waals surface area contributed by atoms with Crippen molar-refractivity contribution in [2.24, 2.45) is 5.41 Å². The molecule has 4 fully saturated rings. The first kappa shape index (κ1) is 38.9. The van der Waals surface area contributed by atoms with Crippen molar-refractivity contribution in [3.8, 4) is 23.1 Å². The Balaban J connectivity index is 0.00000221. The van der Waals surface area contributed by atoms with Gasteiger partial charge in [-0.05, 0) is 70.5 Å². The van der Waals surface area contributed by atoms with Crippen molar-refractivity contribution in [1.29, 1.82) is 0 Å². The largest absolute Gasteiger partial charge is 0.480 e. The van der Waals surface area contributed by atoms with Gasteiger partial charge in [0.05, 0.1) is 57.4 Å². The number of likely N-dealkylation sites (tertiary alicyclic amines) is 1. The van der Waals surface area contributed by atoms with Crippen LogP contribution in [0.5, 0.6) is 11.9 Å². The van der Waals surface area contributed by atoms with Gasteiger partial charge in [-0.1, -0.05) is 31.9 Å². The maximum absolute atomic E-state index is 17.3. The molecule has 4 aromatic rings. The van der Waals surface area contributed by atoms with Gasteiger partial charge >= 0.3 is 6.01 Å². The Kier molecular flexibility index (Phi) is 11.2. The van der Waals surface area contributed by atoms with Crippen LogP contribution in [-0.4, -0.2) is 124 Å². The van der Waals surface area contributed by atoms with E-state index in [1.807, 2.05) is 13.8 Å². The standard InChI is InChI=1S/C37H47ClFN7O6.C2H6/c1-20-25(38)13-26-24(14-40-44-26)28(20)31-30(39)32-29(34(41-31)50-4)33(45-15-23(16-47)51-18-36(2,48)17-45)43-35(42-32)52-19-37-8-5-7-27(37)46(10-6-9-37)21-11-22(12-21)49-3;1-2/h13-14,21-23,27,47-48H,5-12,15-19H2,1-4H3,(H,40,44);1-2H3. The molecular weight excluding hydrogens is 717 g/mol. The number of piperidine rings is 1. The first-order chi connectivity index (χ1) is 26.0. The number of nitrogens with zero attached hydrogens (tertiary/aromatic N) is 6. The number of nitrogens with one attached hydrogen (secondary N) is 1. The Morgan fingerprint density at radius 2 is 1.93 bits per heavy atom. The number of hydrogen-bond acceptors (Lipinski definition) is 12. The van der Waals surface area contributed by atoms with Crippen LogP contribution >= 0.6 is 11.6 Å². The summed E-state index contributed by atoms with van der Waals surface area (Å²) in [5.74, 6) is -0.352. The Labute approximate surface area is 320 Å². The van der Waals surface area contributed by atoms with Gasteiger partial charge in [0.25, 0.3) is 0 Å². The number of halogens is 2. The quantitative estimate of drug-likeness (QED) is 0.188. The molecule has 294 valence electrons. The summed E-state index contributed by atoms with van der Waals surface area (Å²) in [5, 5.41) is 29.8. The van der Waals surface area contributed by atoms with Crippen LogP contribution in [0.15, 0.2) is 12.3 Å². The third kappa shape index (κ3) is 6.98. The van der Waals surface area contributed by atoms with E-state index in [1.54, 1.807) is 38.1 Å². The van der Waals surface area contributed by atoms with E-state index in [9.17, 15) is 10.2 Å². The Bertz CT molecular complexity index is 1980. The fourth-order valence-electron chi connectivity index (χ4n) is 9.15. The van der Waals surface area contributed by atoms with Crippen LogP contribution in [0, 0.1) is 18.2 Å². The van der Waals surface area contributed by atoms with Crippen molar-refractivity contribution in [3.63, 3.8) is 0 Å². The van der Waals surface area contributed by atoms with Crippen molar-refractivity contribution < 1.29 is 33.6 Å². The van der Waals surface area contributed by atoms with E-state index in [-0.39, 0.29) is 66.0 Å². The number of aliphatic hydroxyl groups is 2. The predicted molar refractivity (Wildman–Crippen MR) is 205 cm³/mol. The summed E-state index contributed by atoms with van der Waals surface area (Å²) in [6, 6.07) is 2.65. The number of β-amino-alcohol motifs (C(OH)–C–C–N with tert-alkyl or cyclic N) is 1. The van der Waals surface area contributed by atoms with Crippen LogP contribution < -0.4 is 14.4 Å². The molecule has 0 spiro atoms. The number of fused-ring (bicyclic) bond motifs is 3. The van der Waals surface area contributed by atoms with Gasteiger partial charge in [0.15, 0.2) is 5.82 Å². The van der Waals surface area contributed by atoms with Gasteiger partial charge in [-0.25, -0.2) is 9.37 Å². The number of aliphatic hydroxyl groups excluding tert-OH is 1. The highest BCUT2D eigenvalue weighted by molar-refractivity contribution is 6.33. The molecule has 3 aromatic heterocycles. The average molecular weight is 770 g/mol. The minimum atomic E-state index is -1.31. The van der Waals surface area contributed by atoms with Crippen LogP contribution in [0.1, 0.15) is 71.3 Å². The molecule has 2 aliphatic heterocycles. The van der Waals surface area contributed by atoms with Gasteiger partial charge in [-0.15, -0.1) is 0 Å². The molecule has 54 heavy (non-hydrogen) atoms. The van der Waals surface area contributed by atoms with Crippen LogP contribution in [0.25, 0.3) is 33.1 Å². The minimum absolute atomic E-state index is 0.00184. The monoisotopic (exact) mass is 769 g/mol. The minimum Gasteiger partial charge on any atom is -0.480 e. The van der Waals surface area contributed by atoms with Gasteiger partial charge in [-0.2, -0.15) is 15.1 Å². The molecule has 1 aromatic carbocycles. The van der Waals surface area contributed by atoms with Crippen molar-refractivity contribution in [2.75, 3.05) is 58.6 Å². The van der Waals surface area contributed by atoms with Crippen LogP contribution in [-0.2, 0) is 9.47 Å². The summed E-state index contributed by atoms with van der Waals surface area (Å²) in [6.45, 7) is 8.87. The van der Waals surface area contributed by atoms with E-state index in [2.05, 4.69) is 15.1 Å². The van der Waals surface area contributed by atoms with Crippen molar-refractivity contribution >= 4 is 39.2 Å². The number of benzene rings is 1. The summed E-state index contributed by atoms with van der Waals surface area (Å²) >= 11 is 6.63. The van der Waals surface area contributed by atoms with Gasteiger partial charge in [-0.3, -0.25) is 10.00 Å². The topological polar surface area (TPSA) is 151 Å². The second-order valence-electron chi connectivity index (χ2n) is 15.4. The molecule has 4 atom stereocenters. The zero-order chi connectivity index (χ0) is 38.4. The predicted octanol–water partition coefficient (Wildman–Crippen LogP) is 5.84. The number of aromatic nitrogens is 5. The molecule has 13 nitrogen and oxygen atoms in total. The zero-order valence-electron chi connectivity index (χ0n) is 32.1. The number of H-pyrrole nitrogens is 1. The molecule has 2 aliphatic carbocycles. The molecule has 0 bridgehead atoms. The van der Waals surface area contributed by atoms with E-state index in [0.29, 0.717) is 51.8 Å². The summed E-state index contributed by atoms with van der Waals surface area (Å²) in [4.78, 5) is 18.8. The van der Waals surface area contributed by atoms with E-state index in [1.165, 1.54) is 7.11 Å². The highest BCUT2D eigenvalue weighted by Gasteiger charge is 2.52. The summed E-state index contributed by atoms with van der Waals surface area (Å²) in [5.41, 5.74) is 0.277. The second-order valence-corrected chi connectivity index (χ2v) is 15.8. The second kappa shape index (κ2) is 15.6. The molecule has 8 rings (SSSR count). The highest BCUT2D eigenvalue weighted by atomic mass is 35.5. The van der Waals surface area contributed by atoms with Crippen molar-refractivity contribution in [3.05, 3.63) is 28.7 Å². The zero-order valence-corrected chi connectivity index (χ0v) is 32.9. The maximum atomic E-state index is 17.3. The summed E-state index contributed by atoms with van der Waals surface area (Å²) in [6.07, 6.45) is 8.76. The van der Waals surface area contributed by atoms with Crippen LogP contribution in [0.2, 0.25) is 5.02 Å². The lowest BCUT2D eigenvalue weighted by atomic mass is 9.73. The number of anilines is 1. The molecule has 5 heterocycles. The third-order valence-electron chi connectivity index (χ3n) is 11.9. The van der Waals surface area contributed by atoms with Gasteiger partial charge < -0.3 is 34.1 Å². The van der Waals surface area contributed by atoms with Crippen molar-refractivity contribution in [1.82, 2.24) is 30.0 Å². The molecular formula is C39H53ClFN7O6. The molecule has 0 amide bonds. The molecule has 0 radical (unpaired) electrons. The van der Waals surface area contributed by atoms with Crippen LogP contribution in [0.4, 0.5) is 10.2 Å². The van der Waals surface area contributed by atoms with E-state index < -0.39 is 17.5 Å². The lowest BCUT2D eigenvalue weighted by Gasteiger charge is -2.53.